The number of carbonyl (C=O) groups is 1. The molecule has 0 radical (unpaired) electrons. The zero-order valence-electron chi connectivity index (χ0n) is 9.29. The van der Waals surface area contributed by atoms with E-state index in [-0.39, 0.29) is 12.1 Å². The summed E-state index contributed by atoms with van der Waals surface area (Å²) < 4.78 is 10.7. The van der Waals surface area contributed by atoms with Crippen LogP contribution in [0.2, 0.25) is 0 Å². The van der Waals surface area contributed by atoms with Crippen molar-refractivity contribution in [1.29, 1.82) is 0 Å². The quantitative estimate of drug-likeness (QED) is 0.395. The van der Waals surface area contributed by atoms with Crippen LogP contribution in [0.4, 0.5) is 0 Å². The maximum atomic E-state index is 11.4. The summed E-state index contributed by atoms with van der Waals surface area (Å²) in [6, 6.07) is 0. The number of hydrogen-bond donors (Lipinski definition) is 0. The largest absolute Gasteiger partial charge is 0.427 e. The molecule has 2 unspecified atom stereocenters. The van der Waals surface area contributed by atoms with Crippen LogP contribution in [0, 0.1) is 0 Å². The first kappa shape index (κ1) is 11.2. The van der Waals surface area contributed by atoms with Crippen molar-refractivity contribution in [2.75, 3.05) is 0 Å². The summed E-state index contributed by atoms with van der Waals surface area (Å²) in [6.07, 6.45) is 3.18. The molecule has 14 heavy (non-hydrogen) atoms. The highest BCUT2D eigenvalue weighted by Gasteiger charge is 2.57. The molecule has 0 saturated carbocycles. The van der Waals surface area contributed by atoms with E-state index in [4.69, 9.17) is 9.47 Å². The number of allylic oxidation sites excluding steroid dienone is 1. The Morgan fingerprint density at radius 3 is 2.50 bits per heavy atom. The lowest BCUT2D eigenvalue weighted by Gasteiger charge is -2.10. The molecule has 1 aliphatic heterocycles. The molecule has 0 aromatic heterocycles. The lowest BCUT2D eigenvalue weighted by molar-refractivity contribution is -0.153. The standard InChI is InChI=1S/C11H18O3/c1-5-9-11(6-2,13-9)14-10(12)7-8(3)4/h7,9H,5-6H2,1-4H3. The van der Waals surface area contributed by atoms with Crippen LogP contribution in [0.3, 0.4) is 0 Å². The van der Waals surface area contributed by atoms with Crippen molar-refractivity contribution in [3.05, 3.63) is 11.6 Å². The Balaban J connectivity index is 2.52. The lowest BCUT2D eigenvalue weighted by Crippen LogP contribution is -2.22. The van der Waals surface area contributed by atoms with Crippen molar-refractivity contribution >= 4 is 5.97 Å². The van der Waals surface area contributed by atoms with Gasteiger partial charge in [0.05, 0.1) is 0 Å². The minimum atomic E-state index is -0.627. The van der Waals surface area contributed by atoms with Crippen LogP contribution < -0.4 is 0 Å². The van der Waals surface area contributed by atoms with Crippen LogP contribution in [0.1, 0.15) is 40.5 Å². The van der Waals surface area contributed by atoms with Crippen LogP contribution in [0.5, 0.6) is 0 Å². The van der Waals surface area contributed by atoms with E-state index in [1.807, 2.05) is 27.7 Å². The molecule has 0 bridgehead atoms. The summed E-state index contributed by atoms with van der Waals surface area (Å²) in [6.45, 7) is 7.72. The van der Waals surface area contributed by atoms with Crippen molar-refractivity contribution in [2.45, 2.75) is 52.4 Å². The third kappa shape index (κ3) is 2.35. The Kier molecular flexibility index (Phi) is 3.32. The third-order valence-corrected chi connectivity index (χ3v) is 2.32. The minimum absolute atomic E-state index is 0.0852. The molecule has 0 aliphatic carbocycles. The van der Waals surface area contributed by atoms with Crippen molar-refractivity contribution in [3.8, 4) is 0 Å². The molecule has 2 atom stereocenters. The van der Waals surface area contributed by atoms with Gasteiger partial charge in [-0.05, 0) is 20.3 Å². The molecule has 0 spiro atoms. The second-order valence-corrected chi connectivity index (χ2v) is 3.82. The van der Waals surface area contributed by atoms with Gasteiger partial charge < -0.3 is 9.47 Å². The Hall–Kier alpha value is -0.830. The van der Waals surface area contributed by atoms with Gasteiger partial charge in [0.2, 0.25) is 5.79 Å². The van der Waals surface area contributed by atoms with Gasteiger partial charge in [-0.15, -0.1) is 0 Å². The van der Waals surface area contributed by atoms with Crippen molar-refractivity contribution in [2.24, 2.45) is 0 Å². The molecular formula is C11H18O3. The highest BCUT2D eigenvalue weighted by molar-refractivity contribution is 5.83. The first-order valence-corrected chi connectivity index (χ1v) is 5.09. The number of rotatable bonds is 4. The lowest BCUT2D eigenvalue weighted by atomic mass is 10.1. The molecule has 3 nitrogen and oxygen atoms in total. The number of hydrogen-bond acceptors (Lipinski definition) is 3. The zero-order chi connectivity index (χ0) is 10.8. The van der Waals surface area contributed by atoms with Crippen molar-refractivity contribution in [1.82, 2.24) is 0 Å². The maximum absolute atomic E-state index is 11.4. The van der Waals surface area contributed by atoms with Gasteiger partial charge >= 0.3 is 5.97 Å². The number of ether oxygens (including phenoxy) is 2. The van der Waals surface area contributed by atoms with Gasteiger partial charge in [-0.2, -0.15) is 0 Å². The summed E-state index contributed by atoms with van der Waals surface area (Å²) in [4.78, 5) is 11.4. The van der Waals surface area contributed by atoms with Gasteiger partial charge in [0.1, 0.15) is 6.10 Å². The second kappa shape index (κ2) is 4.13. The fourth-order valence-electron chi connectivity index (χ4n) is 1.51. The third-order valence-electron chi connectivity index (χ3n) is 2.32. The average molecular weight is 198 g/mol. The maximum Gasteiger partial charge on any atom is 0.333 e. The molecule has 0 aromatic rings. The average Bonchev–Trinajstić information content (AvgIpc) is 2.77. The topological polar surface area (TPSA) is 38.8 Å². The van der Waals surface area contributed by atoms with Gasteiger partial charge in [0.15, 0.2) is 0 Å². The molecule has 3 heteroatoms. The Bertz CT molecular complexity index is 253. The van der Waals surface area contributed by atoms with Gasteiger partial charge in [-0.3, -0.25) is 0 Å². The summed E-state index contributed by atoms with van der Waals surface area (Å²) in [5, 5.41) is 0. The van der Waals surface area contributed by atoms with E-state index in [0.717, 1.165) is 12.0 Å². The van der Waals surface area contributed by atoms with E-state index in [2.05, 4.69) is 0 Å². The number of carbonyl (C=O) groups excluding carboxylic acids is 1. The molecule has 1 saturated heterocycles. The SMILES string of the molecule is CCC1OC1(CC)OC(=O)C=C(C)C. The summed E-state index contributed by atoms with van der Waals surface area (Å²) in [7, 11) is 0. The fourth-order valence-corrected chi connectivity index (χ4v) is 1.51. The van der Waals surface area contributed by atoms with E-state index in [0.29, 0.717) is 6.42 Å². The van der Waals surface area contributed by atoms with Crippen LogP contribution in [-0.2, 0) is 14.3 Å². The Morgan fingerprint density at radius 1 is 1.50 bits per heavy atom. The Morgan fingerprint density at radius 2 is 2.14 bits per heavy atom. The van der Waals surface area contributed by atoms with Crippen LogP contribution in [0.15, 0.2) is 11.6 Å². The van der Waals surface area contributed by atoms with E-state index < -0.39 is 5.79 Å². The number of esters is 1. The molecule has 80 valence electrons. The Labute approximate surface area is 85.1 Å². The molecule has 0 N–H and O–H groups in total. The normalized spacial score (nSPS) is 29.6. The zero-order valence-corrected chi connectivity index (χ0v) is 9.29. The van der Waals surface area contributed by atoms with Crippen molar-refractivity contribution in [3.63, 3.8) is 0 Å². The van der Waals surface area contributed by atoms with Crippen LogP contribution in [-0.4, -0.2) is 17.9 Å². The molecular weight excluding hydrogens is 180 g/mol. The van der Waals surface area contributed by atoms with Crippen LogP contribution >= 0.6 is 0 Å². The van der Waals surface area contributed by atoms with Crippen molar-refractivity contribution < 1.29 is 14.3 Å². The predicted octanol–water partition coefficient (Wildman–Crippen LogP) is 2.41. The van der Waals surface area contributed by atoms with Gasteiger partial charge in [-0.25, -0.2) is 4.79 Å². The molecule has 0 aromatic carbocycles. The highest BCUT2D eigenvalue weighted by atomic mass is 16.8. The van der Waals surface area contributed by atoms with Gasteiger partial charge in [-0.1, -0.05) is 19.4 Å². The highest BCUT2D eigenvalue weighted by Crippen LogP contribution is 2.42. The smallest absolute Gasteiger partial charge is 0.333 e. The first-order valence-electron chi connectivity index (χ1n) is 5.09. The summed E-state index contributed by atoms with van der Waals surface area (Å²) in [5.74, 6) is -0.930. The second-order valence-electron chi connectivity index (χ2n) is 3.82. The molecule has 1 fully saturated rings. The first-order chi connectivity index (χ1) is 6.54. The molecule has 1 heterocycles. The van der Waals surface area contributed by atoms with E-state index in [1.54, 1.807) is 0 Å². The monoisotopic (exact) mass is 198 g/mol. The minimum Gasteiger partial charge on any atom is -0.427 e. The molecule has 0 amide bonds. The molecule has 1 aliphatic rings. The fraction of sp³-hybridized carbons (Fsp3) is 0.727. The molecule has 1 rings (SSSR count). The van der Waals surface area contributed by atoms with Gasteiger partial charge in [0.25, 0.3) is 0 Å². The number of epoxide rings is 1. The van der Waals surface area contributed by atoms with E-state index in [1.165, 1.54) is 6.08 Å². The summed E-state index contributed by atoms with van der Waals surface area (Å²) in [5.41, 5.74) is 0.940. The predicted molar refractivity (Wildman–Crippen MR) is 53.7 cm³/mol. The van der Waals surface area contributed by atoms with E-state index in [9.17, 15) is 4.79 Å². The van der Waals surface area contributed by atoms with Gasteiger partial charge in [0, 0.05) is 12.5 Å². The summed E-state index contributed by atoms with van der Waals surface area (Å²) >= 11 is 0. The van der Waals surface area contributed by atoms with E-state index >= 15 is 0 Å². The van der Waals surface area contributed by atoms with Crippen LogP contribution in [0.25, 0.3) is 0 Å².